The lowest BCUT2D eigenvalue weighted by atomic mass is 9.87. The second-order valence-corrected chi connectivity index (χ2v) is 7.14. The predicted molar refractivity (Wildman–Crippen MR) is 123 cm³/mol. The summed E-state index contributed by atoms with van der Waals surface area (Å²) in [5.41, 5.74) is 5.72. The van der Waals surface area contributed by atoms with E-state index in [-0.39, 0.29) is 11.7 Å². The van der Waals surface area contributed by atoms with Crippen molar-refractivity contribution in [3.05, 3.63) is 83.5 Å². The zero-order chi connectivity index (χ0) is 23.7. The molecular formula is C26H28F3NO2. The molecule has 3 nitrogen and oxygen atoms in total. The number of carbonyl (C=O) groups excluding carboxylic acids is 1. The number of halogens is 3. The van der Waals surface area contributed by atoms with Crippen LogP contribution in [0.3, 0.4) is 0 Å². The van der Waals surface area contributed by atoms with Crippen LogP contribution in [0.2, 0.25) is 0 Å². The Labute approximate surface area is 187 Å². The summed E-state index contributed by atoms with van der Waals surface area (Å²) in [6.07, 6.45) is 6.20. The molecule has 170 valence electrons. The van der Waals surface area contributed by atoms with E-state index in [9.17, 15) is 18.0 Å². The zero-order valence-corrected chi connectivity index (χ0v) is 18.6. The van der Waals surface area contributed by atoms with Gasteiger partial charge in [0.05, 0.1) is 0 Å². The van der Waals surface area contributed by atoms with Crippen LogP contribution < -0.4 is 10.1 Å². The highest BCUT2D eigenvalue weighted by atomic mass is 19.4. The summed E-state index contributed by atoms with van der Waals surface area (Å²) in [5.74, 6) is -0.543. The van der Waals surface area contributed by atoms with Crippen LogP contribution in [0.15, 0.2) is 61.2 Å². The standard InChI is InChI=1S/C26H28F3NO2/c1-5-8-9-10-11-23-18(4)24(16-20(22(23)6-2)17-30-25(31)7-3)19-12-14-21(15-13-19)32-26(27,28)29/h7-16H,3,5-6,17H2,1-2,4H3,(H,30,31)/b9-8+,11-10-. The monoisotopic (exact) mass is 443 g/mol. The molecule has 6 heteroatoms. The van der Waals surface area contributed by atoms with Gasteiger partial charge in [0.15, 0.2) is 0 Å². The Morgan fingerprint density at radius 1 is 1.16 bits per heavy atom. The summed E-state index contributed by atoms with van der Waals surface area (Å²) in [6.45, 7) is 9.90. The normalized spacial score (nSPS) is 11.8. The number of nitrogens with one attached hydrogen (secondary N) is 1. The molecule has 0 bridgehead atoms. The van der Waals surface area contributed by atoms with Gasteiger partial charge in [0.1, 0.15) is 5.75 Å². The molecule has 0 radical (unpaired) electrons. The van der Waals surface area contributed by atoms with Crippen molar-refractivity contribution >= 4 is 12.0 Å². The minimum absolute atomic E-state index is 0.271. The topological polar surface area (TPSA) is 38.3 Å². The van der Waals surface area contributed by atoms with Gasteiger partial charge in [-0.05, 0) is 77.4 Å². The van der Waals surface area contributed by atoms with Crippen LogP contribution >= 0.6 is 0 Å². The van der Waals surface area contributed by atoms with E-state index in [2.05, 4.69) is 30.5 Å². The third kappa shape index (κ3) is 6.87. The average molecular weight is 444 g/mol. The number of ether oxygens (including phenoxy) is 1. The predicted octanol–water partition coefficient (Wildman–Crippen LogP) is 6.90. The lowest BCUT2D eigenvalue weighted by Gasteiger charge is -2.19. The highest BCUT2D eigenvalue weighted by molar-refractivity contribution is 5.87. The fraction of sp³-hybridized carbons (Fsp3) is 0.269. The number of hydrogen-bond acceptors (Lipinski definition) is 2. The number of hydrogen-bond donors (Lipinski definition) is 1. The average Bonchev–Trinajstić information content (AvgIpc) is 2.75. The Morgan fingerprint density at radius 3 is 2.41 bits per heavy atom. The first-order chi connectivity index (χ1) is 15.2. The van der Waals surface area contributed by atoms with Crippen molar-refractivity contribution in [1.29, 1.82) is 0 Å². The molecule has 0 fully saturated rings. The highest BCUT2D eigenvalue weighted by Crippen LogP contribution is 2.34. The summed E-state index contributed by atoms with van der Waals surface area (Å²) in [4.78, 5) is 11.7. The van der Waals surface area contributed by atoms with Crippen molar-refractivity contribution in [2.45, 2.75) is 46.5 Å². The van der Waals surface area contributed by atoms with Crippen molar-refractivity contribution in [1.82, 2.24) is 5.32 Å². The molecule has 0 aliphatic carbocycles. The second-order valence-electron chi connectivity index (χ2n) is 7.14. The van der Waals surface area contributed by atoms with E-state index in [1.54, 1.807) is 12.1 Å². The molecule has 0 aliphatic heterocycles. The molecule has 0 saturated heterocycles. The number of alkyl halides is 3. The summed E-state index contributed by atoms with van der Waals surface area (Å²) >= 11 is 0. The van der Waals surface area contributed by atoms with Gasteiger partial charge in [-0.3, -0.25) is 4.79 Å². The minimum Gasteiger partial charge on any atom is -0.406 e. The summed E-state index contributed by atoms with van der Waals surface area (Å²) in [5, 5.41) is 2.82. The second kappa shape index (κ2) is 11.4. The molecule has 2 rings (SSSR count). The highest BCUT2D eigenvalue weighted by Gasteiger charge is 2.31. The first kappa shape index (κ1) is 25.0. The van der Waals surface area contributed by atoms with Crippen LogP contribution in [0, 0.1) is 6.92 Å². The third-order valence-corrected chi connectivity index (χ3v) is 4.98. The van der Waals surface area contributed by atoms with Gasteiger partial charge in [0.25, 0.3) is 0 Å². The number of allylic oxidation sites excluding steroid dienone is 3. The first-order valence-corrected chi connectivity index (χ1v) is 10.4. The van der Waals surface area contributed by atoms with Crippen molar-refractivity contribution in [2.75, 3.05) is 0 Å². The van der Waals surface area contributed by atoms with Crippen molar-refractivity contribution in [3.63, 3.8) is 0 Å². The molecule has 0 aliphatic rings. The van der Waals surface area contributed by atoms with E-state index in [1.165, 1.54) is 18.2 Å². The molecule has 2 aromatic carbocycles. The molecule has 1 N–H and O–H groups in total. The molecule has 1 amide bonds. The lowest BCUT2D eigenvalue weighted by molar-refractivity contribution is -0.274. The van der Waals surface area contributed by atoms with E-state index in [0.29, 0.717) is 6.54 Å². The molecule has 0 heterocycles. The Balaban J connectivity index is 2.57. The number of benzene rings is 2. The van der Waals surface area contributed by atoms with Crippen LogP contribution in [0.4, 0.5) is 13.2 Å². The molecule has 0 aromatic heterocycles. The van der Waals surface area contributed by atoms with Gasteiger partial charge in [0, 0.05) is 6.54 Å². The van der Waals surface area contributed by atoms with Gasteiger partial charge in [0.2, 0.25) is 5.91 Å². The Kier molecular flexibility index (Phi) is 8.88. The molecular weight excluding hydrogens is 415 g/mol. The Morgan fingerprint density at radius 2 is 1.84 bits per heavy atom. The van der Waals surface area contributed by atoms with Gasteiger partial charge < -0.3 is 10.1 Å². The lowest BCUT2D eigenvalue weighted by Crippen LogP contribution is -2.21. The van der Waals surface area contributed by atoms with Crippen LogP contribution in [0.5, 0.6) is 5.75 Å². The van der Waals surface area contributed by atoms with E-state index >= 15 is 0 Å². The van der Waals surface area contributed by atoms with Crippen LogP contribution in [-0.2, 0) is 17.8 Å². The number of amides is 1. The summed E-state index contributed by atoms with van der Waals surface area (Å²) < 4.78 is 41.5. The molecule has 32 heavy (non-hydrogen) atoms. The quantitative estimate of drug-likeness (QED) is 0.338. The van der Waals surface area contributed by atoms with Gasteiger partial charge >= 0.3 is 6.36 Å². The van der Waals surface area contributed by atoms with Crippen molar-refractivity contribution in [2.24, 2.45) is 0 Å². The number of carbonyl (C=O) groups is 1. The van der Waals surface area contributed by atoms with E-state index < -0.39 is 6.36 Å². The van der Waals surface area contributed by atoms with Crippen LogP contribution in [0.1, 0.15) is 42.5 Å². The van der Waals surface area contributed by atoms with Crippen molar-refractivity contribution < 1.29 is 22.7 Å². The van der Waals surface area contributed by atoms with E-state index in [0.717, 1.165) is 46.2 Å². The summed E-state index contributed by atoms with van der Waals surface area (Å²) in [6, 6.07) is 7.79. The smallest absolute Gasteiger partial charge is 0.406 e. The Hall–Kier alpha value is -3.28. The third-order valence-electron chi connectivity index (χ3n) is 4.98. The van der Waals surface area contributed by atoms with Gasteiger partial charge in [-0.2, -0.15) is 0 Å². The molecule has 0 saturated carbocycles. The first-order valence-electron chi connectivity index (χ1n) is 10.4. The van der Waals surface area contributed by atoms with Gasteiger partial charge in [-0.15, -0.1) is 13.2 Å². The minimum atomic E-state index is -4.74. The molecule has 0 atom stereocenters. The zero-order valence-electron chi connectivity index (χ0n) is 18.6. The maximum absolute atomic E-state index is 12.5. The molecule has 0 spiro atoms. The maximum Gasteiger partial charge on any atom is 0.573 e. The van der Waals surface area contributed by atoms with Crippen molar-refractivity contribution in [3.8, 4) is 16.9 Å². The fourth-order valence-electron chi connectivity index (χ4n) is 3.47. The SMILES string of the molecule is C=CC(=O)NCc1cc(-c2ccc(OC(F)(F)F)cc2)c(C)c(/C=C\C=C\CC)c1CC. The number of rotatable bonds is 9. The van der Waals surface area contributed by atoms with E-state index in [4.69, 9.17) is 0 Å². The van der Waals surface area contributed by atoms with Gasteiger partial charge in [-0.1, -0.05) is 56.9 Å². The molecule has 0 unspecified atom stereocenters. The van der Waals surface area contributed by atoms with Crippen LogP contribution in [-0.4, -0.2) is 12.3 Å². The van der Waals surface area contributed by atoms with E-state index in [1.807, 2.05) is 37.3 Å². The largest absolute Gasteiger partial charge is 0.573 e. The Bertz CT molecular complexity index is 1000. The van der Waals surface area contributed by atoms with Crippen LogP contribution in [0.25, 0.3) is 17.2 Å². The summed E-state index contributed by atoms with van der Waals surface area (Å²) in [7, 11) is 0. The van der Waals surface area contributed by atoms with Gasteiger partial charge in [-0.25, -0.2) is 0 Å². The fourth-order valence-corrected chi connectivity index (χ4v) is 3.47. The molecule has 2 aromatic rings. The maximum atomic E-state index is 12.5.